The third-order valence-corrected chi connectivity index (χ3v) is 13.0. The summed E-state index contributed by atoms with van der Waals surface area (Å²) < 4.78 is 58.4. The second-order valence-electron chi connectivity index (χ2n) is 17.9. The van der Waals surface area contributed by atoms with Crippen molar-refractivity contribution in [2.45, 2.75) is 102 Å². The molecule has 2 aromatic carbocycles. The van der Waals surface area contributed by atoms with E-state index in [-0.39, 0.29) is 96.8 Å². The van der Waals surface area contributed by atoms with Crippen LogP contribution in [0.25, 0.3) is 0 Å². The Morgan fingerprint density at radius 2 is 0.554 bits per heavy atom. The molecule has 4 aliphatic heterocycles. The zero-order chi connectivity index (χ0) is 52.1. The monoisotopic (exact) mass is 1450 g/mol. The molecular formula is C56H56N4O12U2. The van der Waals surface area contributed by atoms with Crippen LogP contribution in [0.4, 0.5) is 0 Å². The SMILES string of the molecule is O=C1C2=CC=C/C1=C/N[C@H]1CCCC[C@H]1N/C=C1/C=CC=C(OCc3ccc(cc3)COC3=CC=C/C(=C/N[C@H]4CCCC[C@H]4N/C=C4/C=CC=C(OCc5ccc(cc5)CO2)C4=O)C3=O)C1=O.[O]=[U]=[O].[O]=[U]=[O]. The van der Waals surface area contributed by atoms with Gasteiger partial charge in [-0.15, -0.1) is 0 Å². The molecule has 16 nitrogen and oxygen atoms in total. The standard InChI is InChI=1S/C56H56N4O8.4O.2U/c61-53-41-9-5-17-49(53)65-33-37-21-23-39(24-22-37)35-67-51-19-7-11-43(55(51)63)31-59-47-15-3-4-16-48(47)60-32-44-12-8-20-52(56(44)64)68-36-40-27-25-38(26-28-40)34-66-50-18-6-10-42(54(50)62)30-58-46-14-2-1-13-45(46)57-29-41;;;;;;/h5-12,17-32,45-48,57-60H,1-4,13-16,33-36H2;;;;;;/b41-29-,42-30-,43-31-,44-32-;;;;;;/t45-,46+,47+,48-;;;;;;. The third kappa shape index (κ3) is 15.9. The predicted molar refractivity (Wildman–Crippen MR) is 261 cm³/mol. The zero-order valence-corrected chi connectivity index (χ0v) is 48.9. The van der Waals surface area contributed by atoms with Crippen molar-refractivity contribution in [1.82, 2.24) is 21.3 Å². The van der Waals surface area contributed by atoms with Crippen molar-refractivity contribution in [2.24, 2.45) is 0 Å². The molecule has 74 heavy (non-hydrogen) atoms. The van der Waals surface area contributed by atoms with Gasteiger partial charge >= 0.3 is 64.6 Å². The fourth-order valence-electron chi connectivity index (χ4n) is 9.00. The van der Waals surface area contributed by atoms with Crippen molar-refractivity contribution in [3.63, 3.8) is 0 Å². The number of benzene rings is 2. The molecule has 12 rings (SSSR count). The van der Waals surface area contributed by atoms with E-state index in [4.69, 9.17) is 27.9 Å². The molecule has 12 bridgehead atoms. The molecule has 2 saturated carbocycles. The number of rotatable bonds is 0. The van der Waals surface area contributed by atoms with E-state index >= 15 is 0 Å². The van der Waals surface area contributed by atoms with E-state index in [0.29, 0.717) is 22.3 Å². The van der Waals surface area contributed by atoms with Gasteiger partial charge in [0.15, 0.2) is 23.0 Å². The number of ether oxygens (including phenoxy) is 4. The van der Waals surface area contributed by atoms with E-state index < -0.39 is 55.6 Å². The van der Waals surface area contributed by atoms with Crippen molar-refractivity contribution in [2.75, 3.05) is 0 Å². The van der Waals surface area contributed by atoms with Gasteiger partial charge in [0.1, 0.15) is 26.4 Å². The Hall–Kier alpha value is -6.30. The number of carbonyl (C=O) groups excluding carboxylic acids is 4. The second-order valence-corrected chi connectivity index (χ2v) is 19.3. The normalized spacial score (nSPS) is 25.7. The number of ketones is 4. The van der Waals surface area contributed by atoms with Crippen LogP contribution >= 0.6 is 0 Å². The van der Waals surface area contributed by atoms with E-state index in [2.05, 4.69) is 21.3 Å². The minimum absolute atomic E-state index is 0.0292. The van der Waals surface area contributed by atoms with Gasteiger partial charge in [-0.1, -0.05) is 98.5 Å². The van der Waals surface area contributed by atoms with Gasteiger partial charge in [-0.25, -0.2) is 0 Å². The van der Waals surface area contributed by atoms with Gasteiger partial charge < -0.3 is 40.2 Å². The van der Waals surface area contributed by atoms with Crippen LogP contribution < -0.4 is 21.3 Å². The molecule has 2 fully saturated rings. The summed E-state index contributed by atoms with van der Waals surface area (Å²) in [5.74, 6) is 0.197. The Balaban J connectivity index is 0.00000127. The van der Waals surface area contributed by atoms with Gasteiger partial charge in [0.05, 0.1) is 0 Å². The van der Waals surface area contributed by atoms with Crippen molar-refractivity contribution < 1.29 is 103 Å². The Kier molecular flexibility index (Phi) is 21.7. The Morgan fingerprint density at radius 3 is 0.757 bits per heavy atom. The van der Waals surface area contributed by atoms with Crippen LogP contribution in [0.15, 0.2) is 192 Å². The van der Waals surface area contributed by atoms with E-state index in [1.807, 2.05) is 72.8 Å². The molecule has 380 valence electrons. The molecule has 4 heterocycles. The van der Waals surface area contributed by atoms with Gasteiger partial charge in [0.2, 0.25) is 23.1 Å². The predicted octanol–water partition coefficient (Wildman–Crippen LogP) is 7.60. The summed E-state index contributed by atoms with van der Waals surface area (Å²) in [5.41, 5.74) is 5.49. The second kappa shape index (κ2) is 29.0. The summed E-state index contributed by atoms with van der Waals surface area (Å²) in [5, 5.41) is 14.0. The molecule has 0 saturated heterocycles. The number of nitrogens with one attached hydrogen (secondary N) is 4. The molecule has 6 aliphatic carbocycles. The number of hydrogen-bond donors (Lipinski definition) is 4. The van der Waals surface area contributed by atoms with Crippen LogP contribution in [0, 0.1) is 55.6 Å². The molecule has 0 radical (unpaired) electrons. The Labute approximate surface area is 459 Å². The molecule has 0 aromatic heterocycles. The summed E-state index contributed by atoms with van der Waals surface area (Å²) in [6.07, 6.45) is 35.9. The zero-order valence-electron chi connectivity index (χ0n) is 40.6. The molecule has 2 aromatic rings. The average molecular weight is 1450 g/mol. The minimum atomic E-state index is -2.51. The van der Waals surface area contributed by atoms with Crippen molar-refractivity contribution in [3.8, 4) is 0 Å². The van der Waals surface area contributed by atoms with Gasteiger partial charge in [-0.2, -0.15) is 0 Å². The van der Waals surface area contributed by atoms with Gasteiger partial charge in [0, 0.05) is 71.3 Å². The molecule has 10 aliphatic rings. The first-order valence-electron chi connectivity index (χ1n) is 24.4. The summed E-state index contributed by atoms with van der Waals surface area (Å²) in [6, 6.07) is 15.5. The summed E-state index contributed by atoms with van der Waals surface area (Å²) in [7, 11) is 0. The van der Waals surface area contributed by atoms with E-state index in [1.165, 1.54) is 0 Å². The Bertz CT molecular complexity index is 2510. The van der Waals surface area contributed by atoms with Crippen LogP contribution in [0.1, 0.15) is 73.6 Å². The number of carbonyl (C=O) groups is 4. The fraction of sp³-hybridized carbons (Fsp3) is 0.286. The molecule has 18 heteroatoms. The first-order chi connectivity index (χ1) is 36.2. The van der Waals surface area contributed by atoms with Gasteiger partial charge in [-0.05, 0) is 96.5 Å². The molecular weight excluding hydrogens is 1400 g/mol. The van der Waals surface area contributed by atoms with Crippen LogP contribution in [-0.4, -0.2) is 47.3 Å². The van der Waals surface area contributed by atoms with Gasteiger partial charge in [0.25, 0.3) is 0 Å². The van der Waals surface area contributed by atoms with Crippen LogP contribution in [0.5, 0.6) is 0 Å². The van der Waals surface area contributed by atoms with E-state index in [9.17, 15) is 19.2 Å². The van der Waals surface area contributed by atoms with Crippen molar-refractivity contribution in [1.29, 1.82) is 0 Å². The van der Waals surface area contributed by atoms with Crippen LogP contribution in [0.3, 0.4) is 0 Å². The number of hydrogen-bond acceptors (Lipinski definition) is 16. The molecule has 4 N–H and O–H groups in total. The summed E-state index contributed by atoms with van der Waals surface area (Å²) in [4.78, 5) is 54.1. The van der Waals surface area contributed by atoms with Crippen LogP contribution in [0.2, 0.25) is 0 Å². The van der Waals surface area contributed by atoms with E-state index in [0.717, 1.165) is 73.6 Å². The van der Waals surface area contributed by atoms with Crippen molar-refractivity contribution >= 4 is 23.1 Å². The Morgan fingerprint density at radius 1 is 0.351 bits per heavy atom. The molecule has 0 spiro atoms. The summed E-state index contributed by atoms with van der Waals surface area (Å²) in [6.45, 7) is 0.800. The third-order valence-electron chi connectivity index (χ3n) is 13.0. The quantitative estimate of drug-likeness (QED) is 0.199. The molecule has 4 atom stereocenters. The first-order valence-corrected chi connectivity index (χ1v) is 31.2. The average Bonchev–Trinajstić information content (AvgIpc) is 3.42. The number of Topliss-reactive ketones (excluding diaryl/α,β-unsaturated/α-hetero) is 4. The first kappa shape index (κ1) is 55.5. The van der Waals surface area contributed by atoms with E-state index in [1.54, 1.807) is 73.4 Å². The molecule has 0 amide bonds. The fourth-order valence-corrected chi connectivity index (χ4v) is 9.00. The van der Waals surface area contributed by atoms with Crippen molar-refractivity contribution in [3.05, 3.63) is 214 Å². The van der Waals surface area contributed by atoms with Gasteiger partial charge in [-0.3, -0.25) is 19.2 Å². The van der Waals surface area contributed by atoms with Crippen LogP contribution in [-0.2, 0) is 73.5 Å². The maximum absolute atomic E-state index is 13.5. The number of allylic oxidation sites excluding steroid dienone is 16. The molecule has 0 unspecified atom stereocenters. The summed E-state index contributed by atoms with van der Waals surface area (Å²) >= 11 is -5.01. The maximum atomic E-state index is 13.5. The topological polar surface area (TPSA) is 222 Å².